The van der Waals surface area contributed by atoms with Crippen molar-refractivity contribution in [2.45, 2.75) is 43.9 Å². The van der Waals surface area contributed by atoms with E-state index in [1.54, 1.807) is 0 Å². The number of likely N-dealkylation sites (tertiary alicyclic amines) is 2. The summed E-state index contributed by atoms with van der Waals surface area (Å²) in [6.45, 7) is 3.62. The van der Waals surface area contributed by atoms with Crippen molar-refractivity contribution in [3.63, 3.8) is 0 Å². The Bertz CT molecular complexity index is 330. The van der Waals surface area contributed by atoms with Crippen LogP contribution >= 0.6 is 0 Å². The molecule has 0 spiro atoms. The van der Waals surface area contributed by atoms with Crippen molar-refractivity contribution in [3.05, 3.63) is 0 Å². The Morgan fingerprint density at radius 2 is 1.80 bits per heavy atom. The van der Waals surface area contributed by atoms with Gasteiger partial charge in [-0.2, -0.15) is 13.2 Å². The summed E-state index contributed by atoms with van der Waals surface area (Å²) < 4.78 is 37.0. The summed E-state index contributed by atoms with van der Waals surface area (Å²) in [4.78, 5) is 4.10. The van der Waals surface area contributed by atoms with E-state index in [1.165, 1.54) is 30.7 Å². The summed E-state index contributed by atoms with van der Waals surface area (Å²) in [5, 5.41) is 3.57. The number of alkyl halides is 3. The first kappa shape index (κ1) is 14.6. The third-order valence-electron chi connectivity index (χ3n) is 4.75. The highest BCUT2D eigenvalue weighted by atomic mass is 19.4. The van der Waals surface area contributed by atoms with Crippen LogP contribution in [0.4, 0.5) is 13.2 Å². The Kier molecular flexibility index (Phi) is 4.24. The second kappa shape index (κ2) is 5.81. The molecule has 1 N–H and O–H groups in total. The monoisotopic (exact) mass is 291 g/mol. The Labute approximate surface area is 118 Å². The molecule has 3 fully saturated rings. The highest BCUT2D eigenvalue weighted by Gasteiger charge is 2.36. The molecule has 116 valence electrons. The quantitative estimate of drug-likeness (QED) is 0.832. The molecule has 6 heteroatoms. The van der Waals surface area contributed by atoms with Gasteiger partial charge in [-0.25, -0.2) is 0 Å². The average Bonchev–Trinajstić information content (AvgIpc) is 2.94. The molecule has 3 rings (SSSR count). The van der Waals surface area contributed by atoms with Gasteiger partial charge in [-0.3, -0.25) is 9.80 Å². The molecule has 3 aliphatic rings. The predicted octanol–water partition coefficient (Wildman–Crippen LogP) is 1.70. The maximum absolute atomic E-state index is 12.3. The zero-order valence-electron chi connectivity index (χ0n) is 11.8. The molecule has 0 aromatic rings. The Balaban J connectivity index is 1.33. The number of hydrogen-bond donors (Lipinski definition) is 1. The molecule has 2 saturated heterocycles. The van der Waals surface area contributed by atoms with E-state index in [1.807, 2.05) is 0 Å². The van der Waals surface area contributed by atoms with Crippen molar-refractivity contribution < 1.29 is 13.2 Å². The van der Waals surface area contributed by atoms with Gasteiger partial charge in [-0.05, 0) is 44.7 Å². The van der Waals surface area contributed by atoms with Crippen molar-refractivity contribution in [2.24, 2.45) is 5.92 Å². The second-order valence-electron chi connectivity index (χ2n) is 6.62. The summed E-state index contributed by atoms with van der Waals surface area (Å²) in [5.41, 5.74) is 0. The number of nitrogens with one attached hydrogen (secondary N) is 1. The van der Waals surface area contributed by atoms with E-state index in [2.05, 4.69) is 10.2 Å². The van der Waals surface area contributed by atoms with Crippen molar-refractivity contribution in [2.75, 3.05) is 39.3 Å². The molecule has 0 aromatic carbocycles. The van der Waals surface area contributed by atoms with E-state index in [4.69, 9.17) is 0 Å². The van der Waals surface area contributed by atoms with Crippen LogP contribution in [0, 0.1) is 5.92 Å². The standard InChI is InChI=1S/C14H24F3N3/c15-14(16,17)10-19-5-3-11(8-19)7-18-12-4-6-20(9-12)13-1-2-13/h11-13,18H,1-10H2. The van der Waals surface area contributed by atoms with Gasteiger partial charge in [0.25, 0.3) is 0 Å². The first-order valence-corrected chi connectivity index (χ1v) is 7.76. The second-order valence-corrected chi connectivity index (χ2v) is 6.62. The molecule has 2 unspecified atom stereocenters. The number of hydrogen-bond acceptors (Lipinski definition) is 3. The van der Waals surface area contributed by atoms with Gasteiger partial charge in [0.15, 0.2) is 0 Å². The molecular weight excluding hydrogens is 267 g/mol. The minimum absolute atomic E-state index is 0.382. The number of rotatable bonds is 5. The molecule has 0 amide bonds. The summed E-state index contributed by atoms with van der Waals surface area (Å²) in [6, 6.07) is 1.38. The predicted molar refractivity (Wildman–Crippen MR) is 71.6 cm³/mol. The zero-order chi connectivity index (χ0) is 14.2. The lowest BCUT2D eigenvalue weighted by molar-refractivity contribution is -0.143. The Morgan fingerprint density at radius 3 is 2.50 bits per heavy atom. The Morgan fingerprint density at radius 1 is 1.00 bits per heavy atom. The van der Waals surface area contributed by atoms with Crippen LogP contribution in [-0.2, 0) is 0 Å². The van der Waals surface area contributed by atoms with E-state index < -0.39 is 12.7 Å². The van der Waals surface area contributed by atoms with Crippen molar-refractivity contribution in [3.8, 4) is 0 Å². The first-order valence-electron chi connectivity index (χ1n) is 7.76. The van der Waals surface area contributed by atoms with Crippen molar-refractivity contribution in [1.29, 1.82) is 0 Å². The van der Waals surface area contributed by atoms with E-state index in [-0.39, 0.29) is 0 Å². The van der Waals surface area contributed by atoms with E-state index in [0.29, 0.717) is 25.0 Å². The van der Waals surface area contributed by atoms with Gasteiger partial charge in [0.05, 0.1) is 6.54 Å². The van der Waals surface area contributed by atoms with Crippen LogP contribution in [0.1, 0.15) is 25.7 Å². The molecule has 2 heterocycles. The van der Waals surface area contributed by atoms with Crippen molar-refractivity contribution in [1.82, 2.24) is 15.1 Å². The van der Waals surface area contributed by atoms with Gasteiger partial charge in [-0.1, -0.05) is 0 Å². The molecule has 20 heavy (non-hydrogen) atoms. The van der Waals surface area contributed by atoms with Crippen LogP contribution in [-0.4, -0.2) is 67.3 Å². The normalized spacial score (nSPS) is 33.1. The third-order valence-corrected chi connectivity index (χ3v) is 4.75. The highest BCUT2D eigenvalue weighted by Crippen LogP contribution is 2.30. The van der Waals surface area contributed by atoms with Crippen LogP contribution in [0.3, 0.4) is 0 Å². The molecule has 0 bridgehead atoms. The van der Waals surface area contributed by atoms with Gasteiger partial charge < -0.3 is 5.32 Å². The molecule has 1 saturated carbocycles. The minimum Gasteiger partial charge on any atom is -0.312 e. The van der Waals surface area contributed by atoms with Gasteiger partial charge in [-0.15, -0.1) is 0 Å². The van der Waals surface area contributed by atoms with Crippen LogP contribution < -0.4 is 5.32 Å². The maximum Gasteiger partial charge on any atom is 0.401 e. The highest BCUT2D eigenvalue weighted by molar-refractivity contribution is 4.92. The summed E-state index contributed by atoms with van der Waals surface area (Å²) in [6.07, 6.45) is 0.722. The van der Waals surface area contributed by atoms with Gasteiger partial charge in [0.1, 0.15) is 0 Å². The maximum atomic E-state index is 12.3. The lowest BCUT2D eigenvalue weighted by Gasteiger charge is -2.19. The lowest BCUT2D eigenvalue weighted by atomic mass is 10.1. The number of nitrogens with zero attached hydrogens (tertiary/aromatic N) is 2. The van der Waals surface area contributed by atoms with Crippen LogP contribution in [0.25, 0.3) is 0 Å². The minimum atomic E-state index is -4.06. The van der Waals surface area contributed by atoms with Gasteiger partial charge >= 0.3 is 6.18 Å². The average molecular weight is 291 g/mol. The molecule has 3 nitrogen and oxygen atoms in total. The summed E-state index contributed by atoms with van der Waals surface area (Å²) in [7, 11) is 0. The topological polar surface area (TPSA) is 18.5 Å². The first-order chi connectivity index (χ1) is 9.49. The fraction of sp³-hybridized carbons (Fsp3) is 1.00. The lowest BCUT2D eigenvalue weighted by Crippen LogP contribution is -2.37. The van der Waals surface area contributed by atoms with E-state index in [0.717, 1.165) is 25.6 Å². The van der Waals surface area contributed by atoms with E-state index >= 15 is 0 Å². The molecule has 0 radical (unpaired) electrons. The van der Waals surface area contributed by atoms with Crippen LogP contribution in [0.5, 0.6) is 0 Å². The van der Waals surface area contributed by atoms with E-state index in [9.17, 15) is 13.2 Å². The summed E-state index contributed by atoms with van der Waals surface area (Å²) in [5.74, 6) is 0.382. The zero-order valence-corrected chi connectivity index (χ0v) is 11.8. The summed E-state index contributed by atoms with van der Waals surface area (Å²) >= 11 is 0. The van der Waals surface area contributed by atoms with Crippen molar-refractivity contribution >= 4 is 0 Å². The SMILES string of the molecule is FC(F)(F)CN1CCC(CNC2CCN(C3CC3)C2)C1. The molecule has 1 aliphatic carbocycles. The smallest absolute Gasteiger partial charge is 0.312 e. The molecular formula is C14H24F3N3. The molecule has 0 aromatic heterocycles. The Hall–Kier alpha value is -0.330. The number of halogens is 3. The molecule has 2 atom stereocenters. The third kappa shape index (κ3) is 4.09. The van der Waals surface area contributed by atoms with Gasteiger partial charge in [0, 0.05) is 31.7 Å². The largest absolute Gasteiger partial charge is 0.401 e. The molecule has 2 aliphatic heterocycles. The van der Waals surface area contributed by atoms with Crippen LogP contribution in [0.15, 0.2) is 0 Å². The fourth-order valence-electron chi connectivity index (χ4n) is 3.54. The fourth-order valence-corrected chi connectivity index (χ4v) is 3.54. The van der Waals surface area contributed by atoms with Crippen LogP contribution in [0.2, 0.25) is 0 Å². The van der Waals surface area contributed by atoms with Gasteiger partial charge in [0.2, 0.25) is 0 Å².